The molecule has 16 heavy (non-hydrogen) atoms. The first-order valence-electron chi connectivity index (χ1n) is 6.10. The van der Waals surface area contributed by atoms with E-state index < -0.39 is 0 Å². The zero-order valence-electron chi connectivity index (χ0n) is 10.2. The van der Waals surface area contributed by atoms with Gasteiger partial charge in [-0.05, 0) is 32.5 Å². The zero-order chi connectivity index (χ0) is 11.8. The van der Waals surface area contributed by atoms with E-state index in [0.717, 1.165) is 32.5 Å². The van der Waals surface area contributed by atoms with Gasteiger partial charge in [-0.15, -0.1) is 6.58 Å². The van der Waals surface area contributed by atoms with Gasteiger partial charge < -0.3 is 10.6 Å². The van der Waals surface area contributed by atoms with E-state index in [-0.39, 0.29) is 5.91 Å². The summed E-state index contributed by atoms with van der Waals surface area (Å²) in [5.74, 6) is 0.0975. The molecule has 0 aromatic heterocycles. The van der Waals surface area contributed by atoms with E-state index in [1.165, 1.54) is 0 Å². The van der Waals surface area contributed by atoms with Gasteiger partial charge in [0.15, 0.2) is 0 Å². The van der Waals surface area contributed by atoms with Gasteiger partial charge in [0.25, 0.3) is 0 Å². The Bertz CT molecular complexity index is 224. The van der Waals surface area contributed by atoms with Gasteiger partial charge in [-0.1, -0.05) is 13.0 Å². The summed E-state index contributed by atoms with van der Waals surface area (Å²) in [5.41, 5.74) is 0. The van der Waals surface area contributed by atoms with Crippen LogP contribution < -0.4 is 10.6 Å². The molecule has 0 atom stereocenters. The highest BCUT2D eigenvalue weighted by molar-refractivity contribution is 5.78. The molecule has 2 N–H and O–H groups in total. The fraction of sp³-hybridized carbons (Fsp3) is 0.750. The fourth-order valence-electron chi connectivity index (χ4n) is 2.10. The van der Waals surface area contributed by atoms with Crippen molar-refractivity contribution in [3.05, 3.63) is 12.7 Å². The second-order valence-electron chi connectivity index (χ2n) is 4.14. The summed E-state index contributed by atoms with van der Waals surface area (Å²) in [6.45, 7) is 9.83. The molecule has 1 rings (SSSR count). The summed E-state index contributed by atoms with van der Waals surface area (Å²) in [4.78, 5) is 13.9. The Balaban J connectivity index is 2.34. The second-order valence-corrected chi connectivity index (χ2v) is 4.14. The van der Waals surface area contributed by atoms with Gasteiger partial charge in [0, 0.05) is 12.6 Å². The Morgan fingerprint density at radius 1 is 1.56 bits per heavy atom. The lowest BCUT2D eigenvalue weighted by molar-refractivity contribution is -0.122. The molecule has 1 saturated heterocycles. The summed E-state index contributed by atoms with van der Waals surface area (Å²) in [7, 11) is 0. The number of nitrogens with one attached hydrogen (secondary N) is 2. The number of piperidine rings is 1. The zero-order valence-corrected chi connectivity index (χ0v) is 10.2. The van der Waals surface area contributed by atoms with Crippen molar-refractivity contribution in [1.29, 1.82) is 0 Å². The number of hydrogen-bond donors (Lipinski definition) is 2. The van der Waals surface area contributed by atoms with E-state index in [1.807, 2.05) is 0 Å². The first kappa shape index (κ1) is 13.2. The maximum Gasteiger partial charge on any atom is 0.234 e. The predicted octanol–water partition coefficient (Wildman–Crippen LogP) is 0.363. The van der Waals surface area contributed by atoms with Crippen LogP contribution in [-0.2, 0) is 4.79 Å². The molecular weight excluding hydrogens is 202 g/mol. The van der Waals surface area contributed by atoms with Crippen LogP contribution in [0.15, 0.2) is 12.7 Å². The lowest BCUT2D eigenvalue weighted by Crippen LogP contribution is -2.47. The van der Waals surface area contributed by atoms with Gasteiger partial charge in [0.2, 0.25) is 5.91 Å². The molecule has 0 aromatic rings. The van der Waals surface area contributed by atoms with E-state index in [2.05, 4.69) is 29.0 Å². The molecule has 0 radical (unpaired) electrons. The van der Waals surface area contributed by atoms with Gasteiger partial charge >= 0.3 is 0 Å². The molecule has 0 spiro atoms. The highest BCUT2D eigenvalue weighted by Gasteiger charge is 2.21. The van der Waals surface area contributed by atoms with E-state index in [9.17, 15) is 4.79 Å². The standard InChI is InChI=1S/C12H23N3O/c1-3-7-14-12(16)10-15(4-2)11-5-8-13-9-6-11/h3,11,13H,1,4-10H2,2H3,(H,14,16). The third-order valence-electron chi connectivity index (χ3n) is 3.02. The van der Waals surface area contributed by atoms with Crippen LogP contribution in [0.4, 0.5) is 0 Å². The Labute approximate surface area is 98.1 Å². The minimum Gasteiger partial charge on any atom is -0.352 e. The molecule has 0 saturated carbocycles. The molecule has 0 aromatic carbocycles. The van der Waals surface area contributed by atoms with Gasteiger partial charge in [0.05, 0.1) is 6.54 Å². The number of nitrogens with zero attached hydrogens (tertiary/aromatic N) is 1. The van der Waals surface area contributed by atoms with Gasteiger partial charge in [-0.3, -0.25) is 9.69 Å². The SMILES string of the molecule is C=CCNC(=O)CN(CC)C1CCNCC1. The summed E-state index contributed by atoms with van der Waals surface area (Å²) in [5, 5.41) is 6.16. The van der Waals surface area contributed by atoms with E-state index in [4.69, 9.17) is 0 Å². The minimum absolute atomic E-state index is 0.0975. The van der Waals surface area contributed by atoms with Crippen LogP contribution in [0.1, 0.15) is 19.8 Å². The van der Waals surface area contributed by atoms with Crippen LogP contribution in [0.3, 0.4) is 0 Å². The molecule has 0 bridgehead atoms. The molecule has 4 nitrogen and oxygen atoms in total. The molecule has 4 heteroatoms. The van der Waals surface area contributed by atoms with Gasteiger partial charge in [-0.2, -0.15) is 0 Å². The molecule has 1 heterocycles. The van der Waals surface area contributed by atoms with Crippen molar-refractivity contribution in [1.82, 2.24) is 15.5 Å². The van der Waals surface area contributed by atoms with E-state index in [1.54, 1.807) is 6.08 Å². The maximum atomic E-state index is 11.6. The minimum atomic E-state index is 0.0975. The highest BCUT2D eigenvalue weighted by Crippen LogP contribution is 2.10. The molecule has 1 aliphatic heterocycles. The van der Waals surface area contributed by atoms with Crippen molar-refractivity contribution in [3.63, 3.8) is 0 Å². The second kappa shape index (κ2) is 7.41. The lowest BCUT2D eigenvalue weighted by Gasteiger charge is -2.33. The summed E-state index contributed by atoms with van der Waals surface area (Å²) in [6.07, 6.45) is 3.99. The Morgan fingerprint density at radius 3 is 2.81 bits per heavy atom. The Hall–Kier alpha value is -0.870. The summed E-state index contributed by atoms with van der Waals surface area (Å²) in [6, 6.07) is 0.556. The third-order valence-corrected chi connectivity index (χ3v) is 3.02. The number of amides is 1. The van der Waals surface area contributed by atoms with Crippen LogP contribution in [0.5, 0.6) is 0 Å². The fourth-order valence-corrected chi connectivity index (χ4v) is 2.10. The Morgan fingerprint density at radius 2 is 2.25 bits per heavy atom. The van der Waals surface area contributed by atoms with Crippen molar-refractivity contribution in [2.75, 3.05) is 32.7 Å². The molecule has 1 fully saturated rings. The van der Waals surface area contributed by atoms with E-state index in [0.29, 0.717) is 19.1 Å². The average molecular weight is 225 g/mol. The first-order chi connectivity index (χ1) is 7.77. The quantitative estimate of drug-likeness (QED) is 0.642. The molecule has 92 valence electrons. The first-order valence-corrected chi connectivity index (χ1v) is 6.10. The summed E-state index contributed by atoms with van der Waals surface area (Å²) < 4.78 is 0. The lowest BCUT2D eigenvalue weighted by atomic mass is 10.0. The molecule has 0 unspecified atom stereocenters. The van der Waals surface area contributed by atoms with Crippen molar-refractivity contribution < 1.29 is 4.79 Å². The maximum absolute atomic E-state index is 11.6. The van der Waals surface area contributed by atoms with Crippen LogP contribution in [0.2, 0.25) is 0 Å². The molecule has 1 amide bonds. The van der Waals surface area contributed by atoms with E-state index >= 15 is 0 Å². The normalized spacial score (nSPS) is 17.4. The van der Waals surface area contributed by atoms with Crippen LogP contribution in [0.25, 0.3) is 0 Å². The van der Waals surface area contributed by atoms with Crippen molar-refractivity contribution in [2.24, 2.45) is 0 Å². The number of carbonyl (C=O) groups is 1. The predicted molar refractivity (Wildman–Crippen MR) is 66.3 cm³/mol. The smallest absolute Gasteiger partial charge is 0.234 e. The third kappa shape index (κ3) is 4.33. The Kier molecular flexibility index (Phi) is 6.11. The number of rotatable bonds is 6. The topological polar surface area (TPSA) is 44.4 Å². The number of hydrogen-bond acceptors (Lipinski definition) is 3. The molecular formula is C12H23N3O. The largest absolute Gasteiger partial charge is 0.352 e. The van der Waals surface area contributed by atoms with Gasteiger partial charge in [-0.25, -0.2) is 0 Å². The van der Waals surface area contributed by atoms with Crippen LogP contribution in [-0.4, -0.2) is 49.6 Å². The van der Waals surface area contributed by atoms with Gasteiger partial charge in [0.1, 0.15) is 0 Å². The highest BCUT2D eigenvalue weighted by atomic mass is 16.2. The van der Waals surface area contributed by atoms with Crippen molar-refractivity contribution in [2.45, 2.75) is 25.8 Å². The average Bonchev–Trinajstić information content (AvgIpc) is 2.34. The number of likely N-dealkylation sites (N-methyl/N-ethyl adjacent to an activating group) is 1. The molecule has 1 aliphatic rings. The van der Waals surface area contributed by atoms with Crippen molar-refractivity contribution in [3.8, 4) is 0 Å². The van der Waals surface area contributed by atoms with Crippen molar-refractivity contribution >= 4 is 5.91 Å². The monoisotopic (exact) mass is 225 g/mol. The molecule has 0 aliphatic carbocycles. The summed E-state index contributed by atoms with van der Waals surface area (Å²) >= 11 is 0. The number of carbonyl (C=O) groups excluding carboxylic acids is 1. The van der Waals surface area contributed by atoms with Crippen LogP contribution in [0, 0.1) is 0 Å². The van der Waals surface area contributed by atoms with Crippen LogP contribution >= 0.6 is 0 Å².